The van der Waals surface area contributed by atoms with E-state index < -0.39 is 0 Å². The van der Waals surface area contributed by atoms with Crippen LogP contribution in [-0.2, 0) is 0 Å². The average molecular weight is 411 g/mol. The van der Waals surface area contributed by atoms with Crippen LogP contribution >= 0.6 is 0 Å². The van der Waals surface area contributed by atoms with Gasteiger partial charge >= 0.3 is 0 Å². The lowest BCUT2D eigenvalue weighted by Gasteiger charge is -2.20. The third-order valence-corrected chi connectivity index (χ3v) is 5.40. The van der Waals surface area contributed by atoms with Crippen molar-refractivity contribution >= 4 is 28.7 Å². The van der Waals surface area contributed by atoms with E-state index in [2.05, 4.69) is 46.4 Å². The van der Waals surface area contributed by atoms with E-state index in [0.29, 0.717) is 5.69 Å². The Bertz CT molecular complexity index is 1190. The minimum absolute atomic E-state index is 0.272. The number of aromatic amines is 1. The predicted octanol–water partition coefficient (Wildman–Crippen LogP) is 5.45. The highest BCUT2D eigenvalue weighted by atomic mass is 16.2. The Hall–Kier alpha value is -3.86. The maximum Gasteiger partial charge on any atom is 0.288 e. The van der Waals surface area contributed by atoms with Crippen LogP contribution in [-0.4, -0.2) is 30.2 Å². The second-order valence-corrected chi connectivity index (χ2v) is 7.25. The Morgan fingerprint density at radius 2 is 1.61 bits per heavy atom. The summed E-state index contributed by atoms with van der Waals surface area (Å²) in [5.41, 5.74) is 8.06. The van der Waals surface area contributed by atoms with Crippen LogP contribution in [0.25, 0.3) is 22.0 Å². The van der Waals surface area contributed by atoms with Gasteiger partial charge in [0.25, 0.3) is 5.91 Å². The van der Waals surface area contributed by atoms with Crippen LogP contribution in [0.15, 0.2) is 84.0 Å². The molecule has 0 fully saturated rings. The van der Waals surface area contributed by atoms with Gasteiger partial charge in [0.2, 0.25) is 0 Å². The van der Waals surface area contributed by atoms with E-state index in [1.165, 1.54) is 5.69 Å². The van der Waals surface area contributed by atoms with Gasteiger partial charge in [-0.2, -0.15) is 5.10 Å². The summed E-state index contributed by atoms with van der Waals surface area (Å²) in [6.07, 6.45) is 1.66. The molecule has 0 atom stereocenters. The van der Waals surface area contributed by atoms with Crippen LogP contribution in [0.5, 0.6) is 0 Å². The van der Waals surface area contributed by atoms with Crippen LogP contribution in [0.3, 0.4) is 0 Å². The summed E-state index contributed by atoms with van der Waals surface area (Å²) in [6, 6.07) is 26.0. The van der Waals surface area contributed by atoms with Crippen molar-refractivity contribution in [2.75, 3.05) is 18.0 Å². The largest absolute Gasteiger partial charge is 0.372 e. The number of nitrogens with zero attached hydrogens (tertiary/aromatic N) is 2. The van der Waals surface area contributed by atoms with Crippen molar-refractivity contribution in [2.24, 2.45) is 5.10 Å². The molecule has 31 heavy (non-hydrogen) atoms. The zero-order valence-electron chi connectivity index (χ0n) is 17.8. The van der Waals surface area contributed by atoms with E-state index in [-0.39, 0.29) is 5.91 Å². The van der Waals surface area contributed by atoms with Gasteiger partial charge in [-0.1, -0.05) is 60.7 Å². The molecule has 5 nitrogen and oxygen atoms in total. The molecule has 1 aromatic heterocycles. The lowest BCUT2D eigenvalue weighted by Crippen LogP contribution is -2.21. The number of anilines is 1. The summed E-state index contributed by atoms with van der Waals surface area (Å²) < 4.78 is 0. The van der Waals surface area contributed by atoms with Gasteiger partial charge in [0, 0.05) is 35.2 Å². The Morgan fingerprint density at radius 1 is 0.935 bits per heavy atom. The zero-order valence-corrected chi connectivity index (χ0v) is 17.8. The molecule has 1 amide bonds. The van der Waals surface area contributed by atoms with Gasteiger partial charge in [0.05, 0.1) is 6.21 Å². The summed E-state index contributed by atoms with van der Waals surface area (Å²) >= 11 is 0. The van der Waals surface area contributed by atoms with Crippen molar-refractivity contribution in [3.8, 4) is 11.1 Å². The van der Waals surface area contributed by atoms with Crippen LogP contribution in [0.2, 0.25) is 0 Å². The summed E-state index contributed by atoms with van der Waals surface area (Å²) in [7, 11) is 0. The molecule has 156 valence electrons. The number of benzene rings is 3. The van der Waals surface area contributed by atoms with Crippen molar-refractivity contribution in [1.29, 1.82) is 0 Å². The Kier molecular flexibility index (Phi) is 6.13. The number of aromatic nitrogens is 1. The number of rotatable bonds is 7. The standard InChI is InChI=1S/C26H26N4O/c1-3-30(4-2)21-16-14-19(15-17-21)18-27-29-26(31)25-24(20-10-6-5-7-11-20)22-12-8-9-13-23(22)28-25/h5-18,28H,3-4H2,1-2H3,(H,29,31). The van der Waals surface area contributed by atoms with E-state index in [1.54, 1.807) is 6.21 Å². The molecule has 2 N–H and O–H groups in total. The number of H-pyrrole nitrogens is 1. The quantitative estimate of drug-likeness (QED) is 0.315. The van der Waals surface area contributed by atoms with E-state index in [0.717, 1.165) is 40.7 Å². The summed E-state index contributed by atoms with van der Waals surface area (Å²) in [6.45, 7) is 6.22. The average Bonchev–Trinajstić information content (AvgIpc) is 3.21. The molecule has 0 unspecified atom stereocenters. The predicted molar refractivity (Wildman–Crippen MR) is 129 cm³/mol. The van der Waals surface area contributed by atoms with Crippen molar-refractivity contribution in [3.05, 3.63) is 90.1 Å². The Balaban J connectivity index is 1.55. The number of amides is 1. The van der Waals surface area contributed by atoms with Gasteiger partial charge in [-0.25, -0.2) is 5.43 Å². The topological polar surface area (TPSA) is 60.5 Å². The molecule has 4 aromatic rings. The van der Waals surface area contributed by atoms with Crippen molar-refractivity contribution in [1.82, 2.24) is 10.4 Å². The van der Waals surface area contributed by atoms with Gasteiger partial charge < -0.3 is 9.88 Å². The molecule has 0 radical (unpaired) electrons. The first-order chi connectivity index (χ1) is 15.2. The van der Waals surface area contributed by atoms with Gasteiger partial charge in [-0.05, 0) is 43.2 Å². The highest BCUT2D eigenvalue weighted by Gasteiger charge is 2.18. The molecule has 1 heterocycles. The first kappa shape index (κ1) is 20.4. The normalized spacial score (nSPS) is 11.2. The maximum atomic E-state index is 13.0. The molecule has 0 aliphatic heterocycles. The fraction of sp³-hybridized carbons (Fsp3) is 0.154. The van der Waals surface area contributed by atoms with Crippen LogP contribution in [0.4, 0.5) is 5.69 Å². The van der Waals surface area contributed by atoms with Crippen molar-refractivity contribution < 1.29 is 4.79 Å². The number of hydrazone groups is 1. The molecular weight excluding hydrogens is 384 g/mol. The SMILES string of the molecule is CCN(CC)c1ccc(C=NNC(=O)c2[nH]c3ccccc3c2-c2ccccc2)cc1. The fourth-order valence-corrected chi connectivity index (χ4v) is 3.80. The third-order valence-electron chi connectivity index (χ3n) is 5.40. The molecule has 5 heteroatoms. The Morgan fingerprint density at radius 3 is 2.32 bits per heavy atom. The number of nitrogens with one attached hydrogen (secondary N) is 2. The molecule has 0 bridgehead atoms. The second-order valence-electron chi connectivity index (χ2n) is 7.25. The number of para-hydroxylation sites is 1. The van der Waals surface area contributed by atoms with Gasteiger partial charge in [0.1, 0.15) is 5.69 Å². The summed E-state index contributed by atoms with van der Waals surface area (Å²) in [4.78, 5) is 18.5. The second kappa shape index (κ2) is 9.30. The van der Waals surface area contributed by atoms with Crippen molar-refractivity contribution in [3.63, 3.8) is 0 Å². The van der Waals surface area contributed by atoms with Gasteiger partial charge in [-0.3, -0.25) is 4.79 Å². The lowest BCUT2D eigenvalue weighted by atomic mass is 10.0. The number of hydrogen-bond acceptors (Lipinski definition) is 3. The first-order valence-electron chi connectivity index (χ1n) is 10.6. The highest BCUT2D eigenvalue weighted by molar-refractivity contribution is 6.09. The number of hydrogen-bond donors (Lipinski definition) is 2. The van der Waals surface area contributed by atoms with E-state index in [4.69, 9.17) is 0 Å². The minimum Gasteiger partial charge on any atom is -0.372 e. The highest BCUT2D eigenvalue weighted by Crippen LogP contribution is 2.32. The van der Waals surface area contributed by atoms with E-state index in [1.807, 2.05) is 66.7 Å². The molecule has 0 spiro atoms. The molecule has 3 aromatic carbocycles. The zero-order chi connectivity index (χ0) is 21.6. The third kappa shape index (κ3) is 4.36. The molecule has 0 saturated carbocycles. The van der Waals surface area contributed by atoms with Crippen LogP contribution in [0.1, 0.15) is 29.9 Å². The van der Waals surface area contributed by atoms with Crippen molar-refractivity contribution in [2.45, 2.75) is 13.8 Å². The van der Waals surface area contributed by atoms with Gasteiger partial charge in [-0.15, -0.1) is 0 Å². The number of fused-ring (bicyclic) bond motifs is 1. The summed E-state index contributed by atoms with van der Waals surface area (Å²) in [5, 5.41) is 5.19. The summed E-state index contributed by atoms with van der Waals surface area (Å²) in [5.74, 6) is -0.272. The first-order valence-corrected chi connectivity index (χ1v) is 10.6. The molecule has 0 aliphatic rings. The smallest absolute Gasteiger partial charge is 0.288 e. The minimum atomic E-state index is -0.272. The molecule has 0 saturated heterocycles. The van der Waals surface area contributed by atoms with E-state index >= 15 is 0 Å². The monoisotopic (exact) mass is 410 g/mol. The van der Waals surface area contributed by atoms with Crippen LogP contribution < -0.4 is 10.3 Å². The lowest BCUT2D eigenvalue weighted by molar-refractivity contribution is 0.0951. The molecule has 0 aliphatic carbocycles. The maximum absolute atomic E-state index is 13.0. The van der Waals surface area contributed by atoms with Gasteiger partial charge in [0.15, 0.2) is 0 Å². The number of carbonyl (C=O) groups excluding carboxylic acids is 1. The van der Waals surface area contributed by atoms with Crippen LogP contribution in [0, 0.1) is 0 Å². The Labute approximate surface area is 182 Å². The number of carbonyl (C=O) groups is 1. The molecule has 4 rings (SSSR count). The molecular formula is C26H26N4O. The van der Waals surface area contributed by atoms with E-state index in [9.17, 15) is 4.79 Å². The fourth-order valence-electron chi connectivity index (χ4n) is 3.80.